The number of halogens is 1. The molecular weight excluding hydrogens is 344 g/mol. The van der Waals surface area contributed by atoms with Crippen LogP contribution >= 0.6 is 15.9 Å². The van der Waals surface area contributed by atoms with Gasteiger partial charge < -0.3 is 10.0 Å². The highest BCUT2D eigenvalue weighted by Crippen LogP contribution is 2.23. The summed E-state index contributed by atoms with van der Waals surface area (Å²) in [6.45, 7) is 2.46. The van der Waals surface area contributed by atoms with Gasteiger partial charge in [0.25, 0.3) is 0 Å². The minimum atomic E-state index is -3.60. The number of hydrogen-bond donors (Lipinski definition) is 2. The fourth-order valence-electron chi connectivity index (χ4n) is 1.69. The average Bonchev–Trinajstić information content (AvgIpc) is 2.36. The molecule has 5 nitrogen and oxygen atoms in total. The van der Waals surface area contributed by atoms with Crippen LogP contribution in [0.25, 0.3) is 0 Å². The Morgan fingerprint density at radius 2 is 2.05 bits per heavy atom. The lowest BCUT2D eigenvalue weighted by Crippen LogP contribution is -2.35. The van der Waals surface area contributed by atoms with E-state index < -0.39 is 10.0 Å². The fraction of sp³-hybridized carbons (Fsp3) is 0.538. The van der Waals surface area contributed by atoms with Crippen LogP contribution in [0.5, 0.6) is 0 Å². The molecule has 0 fully saturated rings. The summed E-state index contributed by atoms with van der Waals surface area (Å²) in [6.07, 6.45) is 0.726. The number of hydrogen-bond acceptors (Lipinski definition) is 4. The lowest BCUT2D eigenvalue weighted by Gasteiger charge is -2.17. The number of nitrogens with zero attached hydrogens (tertiary/aromatic N) is 1. The van der Waals surface area contributed by atoms with Gasteiger partial charge in [0.15, 0.2) is 0 Å². The molecule has 0 radical (unpaired) electrons. The summed E-state index contributed by atoms with van der Waals surface area (Å²) in [4.78, 5) is 2.16. The van der Waals surface area contributed by atoms with Gasteiger partial charge in [0.1, 0.15) is 0 Å². The van der Waals surface area contributed by atoms with Gasteiger partial charge in [-0.3, -0.25) is 0 Å². The van der Waals surface area contributed by atoms with Gasteiger partial charge in [-0.05, 0) is 67.6 Å². The minimum absolute atomic E-state index is 0.153. The van der Waals surface area contributed by atoms with Gasteiger partial charge in [-0.2, -0.15) is 0 Å². The van der Waals surface area contributed by atoms with Crippen LogP contribution in [0.3, 0.4) is 0 Å². The maximum absolute atomic E-state index is 12.3. The third kappa shape index (κ3) is 5.14. The van der Waals surface area contributed by atoms with Crippen molar-refractivity contribution < 1.29 is 13.5 Å². The van der Waals surface area contributed by atoms with E-state index in [1.165, 1.54) is 6.07 Å². The van der Waals surface area contributed by atoms with Crippen molar-refractivity contribution in [3.8, 4) is 0 Å². The first-order chi connectivity index (χ1) is 9.26. The number of aliphatic hydroxyl groups excluding tert-OH is 1. The van der Waals surface area contributed by atoms with E-state index in [0.717, 1.165) is 13.0 Å². The monoisotopic (exact) mass is 364 g/mol. The molecule has 1 aromatic rings. The second kappa shape index (κ2) is 7.51. The Morgan fingerprint density at radius 3 is 2.60 bits per heavy atom. The van der Waals surface area contributed by atoms with Crippen molar-refractivity contribution in [3.63, 3.8) is 0 Å². The number of nitrogens with one attached hydrogen (secondary N) is 1. The van der Waals surface area contributed by atoms with Crippen LogP contribution < -0.4 is 4.72 Å². The van der Waals surface area contributed by atoms with Crippen LogP contribution in [0.2, 0.25) is 0 Å². The minimum Gasteiger partial charge on any atom is -0.392 e. The van der Waals surface area contributed by atoms with Crippen molar-refractivity contribution in [3.05, 3.63) is 28.2 Å². The van der Waals surface area contributed by atoms with Gasteiger partial charge >= 0.3 is 0 Å². The van der Waals surface area contributed by atoms with E-state index in [1.807, 2.05) is 25.9 Å². The summed E-state index contributed by atoms with van der Waals surface area (Å²) in [5.41, 5.74) is 0.564. The second-order valence-corrected chi connectivity index (χ2v) is 7.57. The van der Waals surface area contributed by atoms with E-state index in [1.54, 1.807) is 12.1 Å². The van der Waals surface area contributed by atoms with Crippen molar-refractivity contribution >= 4 is 26.0 Å². The van der Waals surface area contributed by atoms with Crippen molar-refractivity contribution in [2.24, 2.45) is 0 Å². The molecule has 0 amide bonds. The molecule has 2 N–H and O–H groups in total. The van der Waals surface area contributed by atoms with E-state index in [-0.39, 0.29) is 17.5 Å². The lowest BCUT2D eigenvalue weighted by atomic mass is 10.2. The summed E-state index contributed by atoms with van der Waals surface area (Å²) in [6, 6.07) is 4.63. The van der Waals surface area contributed by atoms with Crippen molar-refractivity contribution in [2.45, 2.75) is 30.9 Å². The molecule has 1 aromatic carbocycles. The quantitative estimate of drug-likeness (QED) is 0.770. The van der Waals surface area contributed by atoms with E-state index in [4.69, 9.17) is 5.11 Å². The predicted molar refractivity (Wildman–Crippen MR) is 83.0 cm³/mol. The van der Waals surface area contributed by atoms with Crippen molar-refractivity contribution in [2.75, 3.05) is 20.6 Å². The van der Waals surface area contributed by atoms with Gasteiger partial charge in [0, 0.05) is 10.5 Å². The molecule has 114 valence electrons. The zero-order valence-corrected chi connectivity index (χ0v) is 14.3. The summed E-state index contributed by atoms with van der Waals surface area (Å²) < 4.78 is 27.8. The molecule has 1 atom stereocenters. The molecule has 7 heteroatoms. The van der Waals surface area contributed by atoms with Crippen LogP contribution in [-0.2, 0) is 16.6 Å². The average molecular weight is 365 g/mol. The van der Waals surface area contributed by atoms with Crippen LogP contribution in [0, 0.1) is 0 Å². The predicted octanol–water partition coefficient (Wildman–Crippen LogP) is 1.56. The van der Waals surface area contributed by atoms with Gasteiger partial charge in [-0.25, -0.2) is 13.1 Å². The summed E-state index contributed by atoms with van der Waals surface area (Å²) in [5, 5.41) is 9.11. The topological polar surface area (TPSA) is 69.6 Å². The Hall–Kier alpha value is -0.470. The SMILES string of the molecule is CC(CCN(C)C)NS(=O)(=O)c1cc(CO)ccc1Br. The van der Waals surface area contributed by atoms with E-state index in [0.29, 0.717) is 10.0 Å². The molecule has 0 aliphatic carbocycles. The number of aliphatic hydroxyl groups is 1. The summed E-state index contributed by atoms with van der Waals surface area (Å²) in [5.74, 6) is 0. The summed E-state index contributed by atoms with van der Waals surface area (Å²) in [7, 11) is 0.297. The molecular formula is C13H21BrN2O3S. The molecule has 20 heavy (non-hydrogen) atoms. The highest BCUT2D eigenvalue weighted by atomic mass is 79.9. The van der Waals surface area contributed by atoms with Crippen LogP contribution in [-0.4, -0.2) is 45.1 Å². The summed E-state index contributed by atoms with van der Waals surface area (Å²) >= 11 is 3.24. The Morgan fingerprint density at radius 1 is 1.40 bits per heavy atom. The van der Waals surface area contributed by atoms with E-state index >= 15 is 0 Å². The first-order valence-electron chi connectivity index (χ1n) is 6.32. The highest BCUT2D eigenvalue weighted by Gasteiger charge is 2.20. The molecule has 0 saturated heterocycles. The van der Waals surface area contributed by atoms with Crippen molar-refractivity contribution in [1.82, 2.24) is 9.62 Å². The van der Waals surface area contributed by atoms with Gasteiger partial charge in [-0.15, -0.1) is 0 Å². The van der Waals surface area contributed by atoms with Crippen LogP contribution in [0.1, 0.15) is 18.9 Å². The molecule has 1 unspecified atom stereocenters. The molecule has 1 rings (SSSR count). The third-order valence-corrected chi connectivity index (χ3v) is 5.42. The largest absolute Gasteiger partial charge is 0.392 e. The Kier molecular flexibility index (Phi) is 6.60. The number of sulfonamides is 1. The number of rotatable bonds is 7. The zero-order valence-electron chi connectivity index (χ0n) is 11.9. The normalized spacial score (nSPS) is 13.7. The van der Waals surface area contributed by atoms with E-state index in [2.05, 4.69) is 20.7 Å². The molecule has 0 aliphatic rings. The molecule has 0 heterocycles. The van der Waals surface area contributed by atoms with Crippen LogP contribution in [0.15, 0.2) is 27.6 Å². The maximum atomic E-state index is 12.3. The third-order valence-electron chi connectivity index (χ3n) is 2.83. The van der Waals surface area contributed by atoms with Crippen molar-refractivity contribution in [1.29, 1.82) is 0 Å². The standard InChI is InChI=1S/C13H21BrN2O3S/c1-10(6-7-16(2)3)15-20(18,19)13-8-11(9-17)4-5-12(13)14/h4-5,8,10,15,17H,6-7,9H2,1-3H3. The molecule has 0 spiro atoms. The number of benzene rings is 1. The molecule has 0 aliphatic heterocycles. The van der Waals surface area contributed by atoms with Gasteiger partial charge in [0.05, 0.1) is 11.5 Å². The Balaban J connectivity index is 2.88. The Labute approximate surface area is 129 Å². The van der Waals surface area contributed by atoms with Gasteiger partial charge in [-0.1, -0.05) is 6.07 Å². The Bertz CT molecular complexity index is 547. The fourth-order valence-corrected chi connectivity index (χ4v) is 3.98. The smallest absolute Gasteiger partial charge is 0.241 e. The first-order valence-corrected chi connectivity index (χ1v) is 8.60. The molecule has 0 saturated carbocycles. The first kappa shape index (κ1) is 17.6. The lowest BCUT2D eigenvalue weighted by molar-refractivity contribution is 0.281. The van der Waals surface area contributed by atoms with Gasteiger partial charge in [0.2, 0.25) is 10.0 Å². The molecule has 0 aromatic heterocycles. The van der Waals surface area contributed by atoms with E-state index in [9.17, 15) is 8.42 Å². The zero-order chi connectivity index (χ0) is 15.3. The van der Waals surface area contributed by atoms with Crippen LogP contribution in [0.4, 0.5) is 0 Å². The highest BCUT2D eigenvalue weighted by molar-refractivity contribution is 9.10. The second-order valence-electron chi connectivity index (χ2n) is 5.04. The molecule has 0 bridgehead atoms. The maximum Gasteiger partial charge on any atom is 0.241 e.